The molecule has 1 fully saturated rings. The summed E-state index contributed by atoms with van der Waals surface area (Å²) >= 11 is 3.31. The number of β-lactam (4-membered cyclic amide) rings is 1. The predicted molar refractivity (Wildman–Crippen MR) is 133 cm³/mol. The van der Waals surface area contributed by atoms with Gasteiger partial charge in [0.1, 0.15) is 22.8 Å². The van der Waals surface area contributed by atoms with Crippen LogP contribution < -0.4 is 11.1 Å². The highest BCUT2D eigenvalue weighted by Gasteiger charge is 2.54. The zero-order chi connectivity index (χ0) is 28.3. The third kappa shape index (κ3) is 6.33. The molecular weight excluding hydrogens is 587 g/mol. The number of carboxylic acids is 1. The molecule has 0 radical (unpaired) electrons. The van der Waals surface area contributed by atoms with Crippen molar-refractivity contribution in [3.63, 3.8) is 0 Å². The number of allylic oxidation sites excluding steroid dienone is 1. The number of nitrogens with two attached hydrogens (primary N) is 1. The van der Waals surface area contributed by atoms with Crippen LogP contribution in [0.15, 0.2) is 39.6 Å². The standard InChI is InChI=1S/C19H18F3N9O5S3/c1-2-3-30-18(26-28-29-30)39-5-8-4-37-15-11(14(33)31(15)12(8)16(34)35)25-13(32)10(9-6-38-17(23)24-9)27-36-7-19(20,21)22/h2,6,11,15H,1,3-5,7H2,(H2,23,24)(H,25,32)(H,34,35)/t11?,15-/m1/s1. The fourth-order valence-electron chi connectivity index (χ4n) is 3.46. The number of tetrazole rings is 1. The maximum absolute atomic E-state index is 13.0. The lowest BCUT2D eigenvalue weighted by molar-refractivity contribution is -0.174. The van der Waals surface area contributed by atoms with Gasteiger partial charge in [-0.05, 0) is 16.0 Å². The molecule has 39 heavy (non-hydrogen) atoms. The summed E-state index contributed by atoms with van der Waals surface area (Å²) in [5.74, 6) is -2.70. The molecule has 2 amide bonds. The number of anilines is 1. The Labute approximate surface area is 229 Å². The fourth-order valence-corrected chi connectivity index (χ4v) is 6.38. The lowest BCUT2D eigenvalue weighted by atomic mass is 10.0. The maximum Gasteiger partial charge on any atom is 0.425 e. The van der Waals surface area contributed by atoms with Gasteiger partial charge in [-0.15, -0.1) is 34.8 Å². The number of thioether (sulfide) groups is 2. The number of thiazole rings is 1. The van der Waals surface area contributed by atoms with Crippen LogP contribution in [-0.2, 0) is 25.8 Å². The van der Waals surface area contributed by atoms with Crippen molar-refractivity contribution < 1.29 is 37.5 Å². The molecule has 0 saturated carbocycles. The van der Waals surface area contributed by atoms with E-state index in [4.69, 9.17) is 5.73 Å². The largest absolute Gasteiger partial charge is 0.477 e. The molecule has 4 heterocycles. The van der Waals surface area contributed by atoms with E-state index in [2.05, 4.69) is 42.4 Å². The second-order valence-corrected chi connectivity index (χ2v) is 10.7. The molecule has 208 valence electrons. The number of carbonyl (C=O) groups excluding carboxylic acids is 2. The molecule has 0 bridgehead atoms. The number of nitrogens with one attached hydrogen (secondary N) is 1. The first-order valence-corrected chi connectivity index (χ1v) is 13.6. The van der Waals surface area contributed by atoms with E-state index >= 15 is 0 Å². The Morgan fingerprint density at radius 1 is 1.44 bits per heavy atom. The van der Waals surface area contributed by atoms with Crippen LogP contribution >= 0.6 is 34.9 Å². The summed E-state index contributed by atoms with van der Waals surface area (Å²) < 4.78 is 39.0. The molecule has 1 unspecified atom stereocenters. The quantitative estimate of drug-likeness (QED) is 0.107. The van der Waals surface area contributed by atoms with Gasteiger partial charge in [-0.1, -0.05) is 23.0 Å². The molecule has 2 aromatic heterocycles. The number of carbonyl (C=O) groups is 3. The van der Waals surface area contributed by atoms with Gasteiger partial charge in [-0.25, -0.2) is 14.5 Å². The van der Waals surface area contributed by atoms with Crippen molar-refractivity contribution in [1.82, 2.24) is 35.4 Å². The first-order chi connectivity index (χ1) is 18.5. The van der Waals surface area contributed by atoms with Crippen molar-refractivity contribution in [1.29, 1.82) is 0 Å². The van der Waals surface area contributed by atoms with Gasteiger partial charge in [0.2, 0.25) is 11.8 Å². The number of rotatable bonds is 11. The average molecular weight is 606 g/mol. The lowest BCUT2D eigenvalue weighted by Crippen LogP contribution is -2.71. The van der Waals surface area contributed by atoms with E-state index in [1.165, 1.54) is 33.6 Å². The van der Waals surface area contributed by atoms with E-state index < -0.39 is 47.7 Å². The Kier molecular flexibility index (Phi) is 8.45. The van der Waals surface area contributed by atoms with E-state index in [-0.39, 0.29) is 28.0 Å². The van der Waals surface area contributed by atoms with Crippen molar-refractivity contribution in [2.24, 2.45) is 5.16 Å². The number of nitrogen functional groups attached to an aromatic ring is 1. The Hall–Kier alpha value is -3.65. The lowest BCUT2D eigenvalue weighted by Gasteiger charge is -2.49. The van der Waals surface area contributed by atoms with Crippen molar-refractivity contribution in [2.75, 3.05) is 23.8 Å². The van der Waals surface area contributed by atoms with Gasteiger partial charge in [0.05, 0.1) is 6.54 Å². The van der Waals surface area contributed by atoms with E-state index in [1.807, 2.05) is 0 Å². The highest BCUT2D eigenvalue weighted by atomic mass is 32.2. The molecule has 14 nitrogen and oxygen atoms in total. The number of oxime groups is 1. The number of carboxylic acid groups (broad SMARTS) is 1. The van der Waals surface area contributed by atoms with Gasteiger partial charge in [0.25, 0.3) is 11.8 Å². The molecule has 2 aromatic rings. The Balaban J connectivity index is 1.48. The van der Waals surface area contributed by atoms with Crippen LogP contribution in [0.4, 0.5) is 18.3 Å². The van der Waals surface area contributed by atoms with Crippen LogP contribution in [0.25, 0.3) is 0 Å². The molecule has 20 heteroatoms. The van der Waals surface area contributed by atoms with Crippen molar-refractivity contribution >= 4 is 63.5 Å². The van der Waals surface area contributed by atoms with E-state index in [0.29, 0.717) is 17.3 Å². The van der Waals surface area contributed by atoms with Crippen LogP contribution in [0.2, 0.25) is 0 Å². The van der Waals surface area contributed by atoms with Crippen molar-refractivity contribution in [3.8, 4) is 0 Å². The Morgan fingerprint density at radius 3 is 2.85 bits per heavy atom. The van der Waals surface area contributed by atoms with Crippen molar-refractivity contribution in [3.05, 3.63) is 35.0 Å². The summed E-state index contributed by atoms with van der Waals surface area (Å²) in [6, 6.07) is -1.17. The summed E-state index contributed by atoms with van der Waals surface area (Å²) in [5.41, 5.74) is 5.00. The number of halogens is 3. The molecule has 2 atom stereocenters. The Morgan fingerprint density at radius 2 is 2.21 bits per heavy atom. The van der Waals surface area contributed by atoms with Crippen LogP contribution in [0.1, 0.15) is 5.69 Å². The van der Waals surface area contributed by atoms with Gasteiger partial charge in [0.15, 0.2) is 10.8 Å². The zero-order valence-electron chi connectivity index (χ0n) is 19.5. The number of aliphatic carboxylic acids is 1. The summed E-state index contributed by atoms with van der Waals surface area (Å²) in [7, 11) is 0. The number of aromatic nitrogens is 5. The van der Waals surface area contributed by atoms with Gasteiger partial charge in [-0.2, -0.15) is 13.2 Å². The minimum absolute atomic E-state index is 0.0233. The predicted octanol–water partition coefficient (Wildman–Crippen LogP) is 0.712. The number of fused-ring (bicyclic) bond motifs is 1. The molecule has 4 rings (SSSR count). The third-order valence-corrected chi connectivity index (χ3v) is 8.13. The highest BCUT2D eigenvalue weighted by molar-refractivity contribution is 8.01. The molecule has 4 N–H and O–H groups in total. The maximum atomic E-state index is 13.0. The second kappa shape index (κ2) is 11.6. The number of hydrogen-bond acceptors (Lipinski definition) is 13. The van der Waals surface area contributed by atoms with Gasteiger partial charge < -0.3 is 21.0 Å². The normalized spacial score (nSPS) is 19.4. The molecule has 2 aliphatic heterocycles. The Bertz CT molecular complexity index is 1360. The molecule has 0 aromatic carbocycles. The minimum atomic E-state index is -4.71. The molecule has 1 saturated heterocycles. The van der Waals surface area contributed by atoms with Crippen LogP contribution in [0.5, 0.6) is 0 Å². The molecular formula is C19H18F3N9O5S3. The van der Waals surface area contributed by atoms with Crippen LogP contribution in [-0.4, -0.2) is 94.4 Å². The smallest absolute Gasteiger partial charge is 0.425 e. The van der Waals surface area contributed by atoms with Gasteiger partial charge in [0, 0.05) is 16.9 Å². The number of hydrogen-bond donors (Lipinski definition) is 3. The van der Waals surface area contributed by atoms with Crippen LogP contribution in [0.3, 0.4) is 0 Å². The first kappa shape index (κ1) is 28.4. The third-order valence-electron chi connectivity index (χ3n) is 5.08. The fraction of sp³-hybridized carbons (Fsp3) is 0.368. The summed E-state index contributed by atoms with van der Waals surface area (Å²) in [4.78, 5) is 47.1. The number of nitrogens with zero attached hydrogens (tertiary/aromatic N) is 7. The topological polar surface area (TPSA) is 191 Å². The highest BCUT2D eigenvalue weighted by Crippen LogP contribution is 2.41. The summed E-state index contributed by atoms with van der Waals surface area (Å²) in [6.45, 7) is 2.21. The number of alkyl halides is 3. The average Bonchev–Trinajstić information content (AvgIpc) is 3.51. The first-order valence-electron chi connectivity index (χ1n) is 10.7. The monoisotopic (exact) mass is 605 g/mol. The number of amides is 2. The van der Waals surface area contributed by atoms with E-state index in [1.54, 1.807) is 6.08 Å². The SMILES string of the molecule is C=CCn1nnnc1SCC1=C(C(=O)O)N2C(=O)C(NC(=O)C(=NOCC(F)(F)F)c3csc(N)n3)[C@H]2SC1. The molecule has 0 aliphatic carbocycles. The van der Waals surface area contributed by atoms with Gasteiger partial charge in [-0.3, -0.25) is 14.5 Å². The zero-order valence-corrected chi connectivity index (χ0v) is 21.9. The molecule has 0 spiro atoms. The molecule has 2 aliphatic rings. The van der Waals surface area contributed by atoms with Crippen molar-refractivity contribution in [2.45, 2.75) is 29.3 Å². The summed E-state index contributed by atoms with van der Waals surface area (Å²) in [6.07, 6.45) is -3.11. The second-order valence-electron chi connectivity index (χ2n) is 7.74. The van der Waals surface area contributed by atoms with Gasteiger partial charge >= 0.3 is 12.1 Å². The van der Waals surface area contributed by atoms with Crippen LogP contribution in [0, 0.1) is 0 Å². The van der Waals surface area contributed by atoms with E-state index in [9.17, 15) is 32.7 Å². The van der Waals surface area contributed by atoms with E-state index in [0.717, 1.165) is 16.2 Å². The minimum Gasteiger partial charge on any atom is -0.477 e. The summed E-state index contributed by atoms with van der Waals surface area (Å²) in [5, 5.41) is 27.8.